The van der Waals surface area contributed by atoms with Crippen molar-refractivity contribution in [1.82, 2.24) is 0 Å². The van der Waals surface area contributed by atoms with Crippen LogP contribution in [-0.4, -0.2) is 0 Å². The monoisotopic (exact) mass is 294 g/mol. The molecule has 2 aromatic carbocycles. The molecule has 1 heteroatoms. The van der Waals surface area contributed by atoms with E-state index < -0.39 is 0 Å². The molecule has 0 bridgehead atoms. The molecule has 1 aliphatic carbocycles. The first kappa shape index (κ1) is 15.0. The molecular formula is C21H23F. The third-order valence-electron chi connectivity index (χ3n) is 4.79. The van der Waals surface area contributed by atoms with Gasteiger partial charge in [0.05, 0.1) is 0 Å². The Kier molecular flexibility index (Phi) is 3.90. The molecule has 0 aromatic heterocycles. The van der Waals surface area contributed by atoms with Crippen LogP contribution in [0, 0.1) is 5.82 Å². The number of rotatable bonds is 2. The average molecular weight is 294 g/mol. The molecule has 1 aliphatic rings. The van der Waals surface area contributed by atoms with Crippen LogP contribution in [0.3, 0.4) is 0 Å². The van der Waals surface area contributed by atoms with E-state index in [-0.39, 0.29) is 11.2 Å². The van der Waals surface area contributed by atoms with Gasteiger partial charge >= 0.3 is 0 Å². The SMILES string of the molecule is C/C(=C\c1ccc2c(c1)C(C)(C)CCC2)c1ccc(F)cc1. The zero-order valence-corrected chi connectivity index (χ0v) is 13.6. The normalized spacial score (nSPS) is 17.2. The van der Waals surface area contributed by atoms with Crippen LogP contribution in [0.1, 0.15) is 55.9 Å². The van der Waals surface area contributed by atoms with Crippen LogP contribution >= 0.6 is 0 Å². The molecule has 3 rings (SSSR count). The third-order valence-corrected chi connectivity index (χ3v) is 4.79. The minimum absolute atomic E-state index is 0.188. The largest absolute Gasteiger partial charge is 0.207 e. The molecule has 114 valence electrons. The van der Waals surface area contributed by atoms with Crippen molar-refractivity contribution in [3.63, 3.8) is 0 Å². The lowest BCUT2D eigenvalue weighted by atomic mass is 9.72. The summed E-state index contributed by atoms with van der Waals surface area (Å²) in [6, 6.07) is 13.5. The van der Waals surface area contributed by atoms with Crippen molar-refractivity contribution in [3.8, 4) is 0 Å². The van der Waals surface area contributed by atoms with Crippen molar-refractivity contribution in [2.45, 2.75) is 45.4 Å². The Bertz CT molecular complexity index is 705. The number of allylic oxidation sites excluding steroid dienone is 1. The molecular weight excluding hydrogens is 271 g/mol. The molecule has 0 saturated heterocycles. The van der Waals surface area contributed by atoms with Gasteiger partial charge in [-0.05, 0) is 71.6 Å². The second-order valence-corrected chi connectivity index (χ2v) is 6.99. The maximum Gasteiger partial charge on any atom is 0.123 e. The van der Waals surface area contributed by atoms with Gasteiger partial charge in [-0.25, -0.2) is 4.39 Å². The van der Waals surface area contributed by atoms with Crippen LogP contribution in [0.2, 0.25) is 0 Å². The first-order valence-corrected chi connectivity index (χ1v) is 8.03. The first-order valence-electron chi connectivity index (χ1n) is 8.03. The van der Waals surface area contributed by atoms with E-state index in [1.807, 2.05) is 12.1 Å². The zero-order chi connectivity index (χ0) is 15.7. The van der Waals surface area contributed by atoms with E-state index in [0.717, 1.165) is 11.1 Å². The van der Waals surface area contributed by atoms with Gasteiger partial charge < -0.3 is 0 Å². The maximum atomic E-state index is 13.0. The van der Waals surface area contributed by atoms with E-state index in [4.69, 9.17) is 0 Å². The molecule has 0 spiro atoms. The van der Waals surface area contributed by atoms with Crippen molar-refractivity contribution in [2.24, 2.45) is 0 Å². The van der Waals surface area contributed by atoms with Gasteiger partial charge in [0.25, 0.3) is 0 Å². The molecule has 0 aliphatic heterocycles. The number of hydrogen-bond donors (Lipinski definition) is 0. The molecule has 0 heterocycles. The van der Waals surface area contributed by atoms with Crippen LogP contribution < -0.4 is 0 Å². The fourth-order valence-electron chi connectivity index (χ4n) is 3.43. The Balaban J connectivity index is 1.96. The highest BCUT2D eigenvalue weighted by atomic mass is 19.1. The zero-order valence-electron chi connectivity index (χ0n) is 13.6. The summed E-state index contributed by atoms with van der Waals surface area (Å²) in [4.78, 5) is 0. The Morgan fingerprint density at radius 3 is 2.55 bits per heavy atom. The van der Waals surface area contributed by atoms with Gasteiger partial charge in [-0.1, -0.05) is 50.3 Å². The molecule has 0 fully saturated rings. The highest BCUT2D eigenvalue weighted by molar-refractivity contribution is 5.80. The summed E-state index contributed by atoms with van der Waals surface area (Å²) in [7, 11) is 0. The summed E-state index contributed by atoms with van der Waals surface area (Å²) >= 11 is 0. The number of fused-ring (bicyclic) bond motifs is 1. The van der Waals surface area contributed by atoms with Gasteiger partial charge in [0, 0.05) is 0 Å². The Morgan fingerprint density at radius 2 is 1.82 bits per heavy atom. The molecule has 0 radical (unpaired) electrons. The van der Waals surface area contributed by atoms with Gasteiger partial charge in [0.1, 0.15) is 5.82 Å². The highest BCUT2D eigenvalue weighted by Gasteiger charge is 2.27. The molecule has 0 atom stereocenters. The fourth-order valence-corrected chi connectivity index (χ4v) is 3.43. The molecule has 0 amide bonds. The quantitative estimate of drug-likeness (QED) is 0.596. The van der Waals surface area contributed by atoms with Crippen molar-refractivity contribution in [1.29, 1.82) is 0 Å². The van der Waals surface area contributed by atoms with Gasteiger partial charge in [0.15, 0.2) is 0 Å². The van der Waals surface area contributed by atoms with E-state index >= 15 is 0 Å². The summed E-state index contributed by atoms with van der Waals surface area (Å²) in [6.45, 7) is 6.76. The van der Waals surface area contributed by atoms with Crippen LogP contribution in [0.4, 0.5) is 4.39 Å². The molecule has 22 heavy (non-hydrogen) atoms. The summed E-state index contributed by atoms with van der Waals surface area (Å²) in [6.07, 6.45) is 5.92. The van der Waals surface area contributed by atoms with Crippen LogP contribution in [0.25, 0.3) is 11.6 Å². The second kappa shape index (κ2) is 5.72. The number of benzene rings is 2. The van der Waals surface area contributed by atoms with Crippen LogP contribution in [-0.2, 0) is 11.8 Å². The average Bonchev–Trinajstić information content (AvgIpc) is 2.48. The smallest absolute Gasteiger partial charge is 0.123 e. The number of aryl methyl sites for hydroxylation is 1. The second-order valence-electron chi connectivity index (χ2n) is 6.99. The van der Waals surface area contributed by atoms with Gasteiger partial charge in [0.2, 0.25) is 0 Å². The maximum absolute atomic E-state index is 13.0. The van der Waals surface area contributed by atoms with Gasteiger partial charge in [-0.2, -0.15) is 0 Å². The minimum atomic E-state index is -0.188. The summed E-state index contributed by atoms with van der Waals surface area (Å²) in [5, 5.41) is 0. The Labute approximate surface area is 132 Å². The van der Waals surface area contributed by atoms with Gasteiger partial charge in [-0.3, -0.25) is 0 Å². The molecule has 0 saturated carbocycles. The van der Waals surface area contributed by atoms with Crippen LogP contribution in [0.5, 0.6) is 0 Å². The van der Waals surface area contributed by atoms with Crippen molar-refractivity contribution >= 4 is 11.6 Å². The molecule has 2 aromatic rings. The predicted octanol–water partition coefficient (Wildman–Crippen LogP) is 6.00. The fraction of sp³-hybridized carbons (Fsp3) is 0.333. The highest BCUT2D eigenvalue weighted by Crippen LogP contribution is 2.37. The molecule has 0 nitrogen and oxygen atoms in total. The predicted molar refractivity (Wildman–Crippen MR) is 92.4 cm³/mol. The van der Waals surface area contributed by atoms with E-state index in [9.17, 15) is 4.39 Å². The molecule has 0 N–H and O–H groups in total. The lowest BCUT2D eigenvalue weighted by Crippen LogP contribution is -2.23. The van der Waals surface area contributed by atoms with E-state index in [0.29, 0.717) is 0 Å². The summed E-state index contributed by atoms with van der Waals surface area (Å²) in [5.74, 6) is -0.188. The molecule has 0 unspecified atom stereocenters. The Morgan fingerprint density at radius 1 is 1.09 bits per heavy atom. The lowest BCUT2D eigenvalue weighted by Gasteiger charge is -2.32. The minimum Gasteiger partial charge on any atom is -0.207 e. The van der Waals surface area contributed by atoms with Crippen LogP contribution in [0.15, 0.2) is 42.5 Å². The standard InChI is InChI=1S/C21H23F/c1-15(17-8-10-19(22)11-9-17)13-16-6-7-18-5-4-12-21(2,3)20(18)14-16/h6-11,13-14H,4-5,12H2,1-3H3/b15-13+. The lowest BCUT2D eigenvalue weighted by molar-refractivity contribution is 0.432. The van der Waals surface area contributed by atoms with E-state index in [1.54, 1.807) is 0 Å². The van der Waals surface area contributed by atoms with Crippen molar-refractivity contribution < 1.29 is 4.39 Å². The van der Waals surface area contributed by atoms with Gasteiger partial charge in [-0.15, -0.1) is 0 Å². The third kappa shape index (κ3) is 2.99. The Hall–Kier alpha value is -1.89. The first-order chi connectivity index (χ1) is 10.5. The topological polar surface area (TPSA) is 0 Å². The van der Waals surface area contributed by atoms with E-state index in [1.165, 1.54) is 48.1 Å². The van der Waals surface area contributed by atoms with E-state index in [2.05, 4.69) is 45.0 Å². The van der Waals surface area contributed by atoms with Crippen molar-refractivity contribution in [3.05, 3.63) is 70.5 Å². The van der Waals surface area contributed by atoms with Crippen molar-refractivity contribution in [2.75, 3.05) is 0 Å². The summed E-state index contributed by atoms with van der Waals surface area (Å²) in [5.41, 5.74) is 6.70. The number of hydrogen-bond acceptors (Lipinski definition) is 0. The summed E-state index contributed by atoms with van der Waals surface area (Å²) < 4.78 is 13.0. The number of halogens is 1.